The Morgan fingerprint density at radius 3 is 1.56 bits per heavy atom. The van der Waals surface area contributed by atoms with Crippen LogP contribution in [0.2, 0.25) is 0 Å². The summed E-state index contributed by atoms with van der Waals surface area (Å²) in [4.78, 5) is 0. The average molecular weight is 122 g/mol. The Hall–Kier alpha value is -0.960. The summed E-state index contributed by atoms with van der Waals surface area (Å²) < 4.78 is 0. The minimum Gasteiger partial charge on any atom is -0.373 e. The Morgan fingerprint density at radius 2 is 1.44 bits per heavy atom. The minimum absolute atomic E-state index is 0.0903. The van der Waals surface area contributed by atoms with Gasteiger partial charge in [0.15, 0.2) is 11.2 Å². The third kappa shape index (κ3) is 0.549. The molecule has 0 amide bonds. The maximum atomic E-state index is 9.03. The summed E-state index contributed by atoms with van der Waals surface area (Å²) in [6.07, 6.45) is 9.82. The minimum atomic E-state index is -1.46. The molecule has 0 saturated heterocycles. The average Bonchev–Trinajstić information content (AvgIpc) is 2.39. The lowest BCUT2D eigenvalue weighted by Gasteiger charge is -2.01. The van der Waals surface area contributed by atoms with E-state index in [1.54, 1.807) is 0 Å². The van der Waals surface area contributed by atoms with E-state index in [0.717, 1.165) is 0 Å². The van der Waals surface area contributed by atoms with Crippen molar-refractivity contribution in [2.24, 2.45) is 0 Å². The summed E-state index contributed by atoms with van der Waals surface area (Å²) >= 11 is 0. The SMILES string of the molecule is C#CC1(O)CC1(O)C#C. The van der Waals surface area contributed by atoms with Crippen molar-refractivity contribution in [1.82, 2.24) is 0 Å². The first-order valence-electron chi connectivity index (χ1n) is 2.48. The molecule has 46 valence electrons. The van der Waals surface area contributed by atoms with E-state index in [9.17, 15) is 0 Å². The molecule has 1 rings (SSSR count). The van der Waals surface area contributed by atoms with Crippen LogP contribution in [0.5, 0.6) is 0 Å². The molecule has 1 aliphatic carbocycles. The highest BCUT2D eigenvalue weighted by molar-refractivity contribution is 5.41. The van der Waals surface area contributed by atoms with Crippen molar-refractivity contribution in [2.45, 2.75) is 17.6 Å². The van der Waals surface area contributed by atoms with Crippen LogP contribution in [0, 0.1) is 24.7 Å². The number of aliphatic hydroxyl groups is 2. The van der Waals surface area contributed by atoms with Gasteiger partial charge < -0.3 is 10.2 Å². The molecule has 0 spiro atoms. The number of terminal acetylenes is 2. The quantitative estimate of drug-likeness (QED) is 0.409. The second-order valence-corrected chi connectivity index (χ2v) is 2.19. The van der Waals surface area contributed by atoms with Gasteiger partial charge in [0.1, 0.15) is 0 Å². The second kappa shape index (κ2) is 1.30. The van der Waals surface area contributed by atoms with Gasteiger partial charge in [-0.1, -0.05) is 11.8 Å². The molecule has 2 nitrogen and oxygen atoms in total. The summed E-state index contributed by atoms with van der Waals surface area (Å²) in [6, 6.07) is 0. The summed E-state index contributed by atoms with van der Waals surface area (Å²) in [6.45, 7) is 0. The molecule has 2 atom stereocenters. The van der Waals surface area contributed by atoms with Crippen molar-refractivity contribution < 1.29 is 10.2 Å². The number of rotatable bonds is 0. The van der Waals surface area contributed by atoms with Crippen molar-refractivity contribution >= 4 is 0 Å². The predicted molar refractivity (Wildman–Crippen MR) is 32.2 cm³/mol. The maximum Gasteiger partial charge on any atom is 0.168 e. The lowest BCUT2D eigenvalue weighted by atomic mass is 10.2. The van der Waals surface area contributed by atoms with Gasteiger partial charge in [0.05, 0.1) is 0 Å². The van der Waals surface area contributed by atoms with Crippen molar-refractivity contribution in [3.63, 3.8) is 0 Å². The van der Waals surface area contributed by atoms with E-state index in [2.05, 4.69) is 0 Å². The molecule has 2 N–H and O–H groups in total. The van der Waals surface area contributed by atoms with Crippen LogP contribution in [0.3, 0.4) is 0 Å². The summed E-state index contributed by atoms with van der Waals surface area (Å²) in [5, 5.41) is 18.1. The van der Waals surface area contributed by atoms with Crippen molar-refractivity contribution in [3.8, 4) is 24.7 Å². The van der Waals surface area contributed by atoms with E-state index in [4.69, 9.17) is 23.1 Å². The van der Waals surface area contributed by atoms with Gasteiger partial charge in [-0.2, -0.15) is 0 Å². The van der Waals surface area contributed by atoms with Crippen LogP contribution in [0.15, 0.2) is 0 Å². The molecular formula is C7H6O2. The molecule has 9 heavy (non-hydrogen) atoms. The third-order valence-electron chi connectivity index (χ3n) is 1.55. The van der Waals surface area contributed by atoms with E-state index in [1.165, 1.54) is 0 Å². The Morgan fingerprint density at radius 1 is 1.11 bits per heavy atom. The van der Waals surface area contributed by atoms with Crippen LogP contribution < -0.4 is 0 Å². The topological polar surface area (TPSA) is 40.5 Å². The van der Waals surface area contributed by atoms with Crippen molar-refractivity contribution in [3.05, 3.63) is 0 Å². The molecular weight excluding hydrogens is 116 g/mol. The lowest BCUT2D eigenvalue weighted by molar-refractivity contribution is 0.0934. The normalized spacial score (nSPS) is 47.1. The zero-order chi connectivity index (χ0) is 7.12. The van der Waals surface area contributed by atoms with Gasteiger partial charge in [0.2, 0.25) is 0 Å². The van der Waals surface area contributed by atoms with Crippen LogP contribution in [0.1, 0.15) is 6.42 Å². The molecule has 1 saturated carbocycles. The van der Waals surface area contributed by atoms with Gasteiger partial charge in [-0.15, -0.1) is 12.8 Å². The Labute approximate surface area is 53.5 Å². The molecule has 2 unspecified atom stereocenters. The van der Waals surface area contributed by atoms with Gasteiger partial charge in [-0.3, -0.25) is 0 Å². The molecule has 0 radical (unpaired) electrons. The monoisotopic (exact) mass is 122 g/mol. The Balaban J connectivity index is 2.83. The molecule has 0 aromatic rings. The van der Waals surface area contributed by atoms with Crippen molar-refractivity contribution in [1.29, 1.82) is 0 Å². The van der Waals surface area contributed by atoms with Crippen LogP contribution in [-0.2, 0) is 0 Å². The predicted octanol–water partition coefficient (Wildman–Crippen LogP) is -0.881. The van der Waals surface area contributed by atoms with Crippen molar-refractivity contribution in [2.75, 3.05) is 0 Å². The fraction of sp³-hybridized carbons (Fsp3) is 0.429. The molecule has 0 aromatic heterocycles. The fourth-order valence-electron chi connectivity index (χ4n) is 0.667. The van der Waals surface area contributed by atoms with Crippen LogP contribution in [0.4, 0.5) is 0 Å². The van der Waals surface area contributed by atoms with E-state index < -0.39 is 11.2 Å². The second-order valence-electron chi connectivity index (χ2n) is 2.19. The highest BCUT2D eigenvalue weighted by Crippen LogP contribution is 2.46. The number of hydrogen-bond donors (Lipinski definition) is 2. The standard InChI is InChI=1S/C7H6O2/c1-3-6(8)5-7(6,9)4-2/h1-2,8-9H,5H2. The first-order chi connectivity index (χ1) is 4.08. The summed E-state index contributed by atoms with van der Waals surface area (Å²) in [5.74, 6) is 4.04. The molecule has 0 bridgehead atoms. The summed E-state index contributed by atoms with van der Waals surface area (Å²) in [7, 11) is 0. The number of hydrogen-bond acceptors (Lipinski definition) is 2. The van der Waals surface area contributed by atoms with Crippen LogP contribution in [-0.4, -0.2) is 21.4 Å². The molecule has 0 aromatic carbocycles. The molecule has 0 heterocycles. The van der Waals surface area contributed by atoms with Gasteiger partial charge in [-0.05, 0) is 0 Å². The van der Waals surface area contributed by atoms with Crippen LogP contribution in [0.25, 0.3) is 0 Å². The van der Waals surface area contributed by atoms with Gasteiger partial charge in [0, 0.05) is 6.42 Å². The van der Waals surface area contributed by atoms with E-state index in [0.29, 0.717) is 0 Å². The first-order valence-corrected chi connectivity index (χ1v) is 2.48. The maximum absolute atomic E-state index is 9.03. The van der Waals surface area contributed by atoms with Gasteiger partial charge in [-0.25, -0.2) is 0 Å². The van der Waals surface area contributed by atoms with E-state index in [-0.39, 0.29) is 6.42 Å². The van der Waals surface area contributed by atoms with Gasteiger partial charge >= 0.3 is 0 Å². The first kappa shape index (κ1) is 6.16. The Kier molecular flexibility index (Phi) is 0.892. The molecule has 1 aliphatic rings. The molecule has 0 aliphatic heterocycles. The summed E-state index contributed by atoms with van der Waals surface area (Å²) in [5.41, 5.74) is -2.91. The largest absolute Gasteiger partial charge is 0.373 e. The van der Waals surface area contributed by atoms with E-state index >= 15 is 0 Å². The van der Waals surface area contributed by atoms with Crippen LogP contribution >= 0.6 is 0 Å². The zero-order valence-corrected chi connectivity index (χ0v) is 4.76. The lowest BCUT2D eigenvalue weighted by Crippen LogP contribution is -2.21. The molecule has 2 heteroatoms. The zero-order valence-electron chi connectivity index (χ0n) is 4.76. The highest BCUT2D eigenvalue weighted by Gasteiger charge is 2.65. The molecule has 1 fully saturated rings. The Bertz CT molecular complexity index is 196. The van der Waals surface area contributed by atoms with E-state index in [1.807, 2.05) is 11.8 Å². The fourth-order valence-corrected chi connectivity index (χ4v) is 0.667. The smallest absolute Gasteiger partial charge is 0.168 e. The van der Waals surface area contributed by atoms with Gasteiger partial charge in [0.25, 0.3) is 0 Å². The highest BCUT2D eigenvalue weighted by atomic mass is 16.4. The third-order valence-corrected chi connectivity index (χ3v) is 1.55.